The number of methoxy groups -OCH3 is 1. The van der Waals surface area contributed by atoms with Gasteiger partial charge in [-0.05, 0) is 43.5 Å². The van der Waals surface area contributed by atoms with E-state index in [-0.39, 0.29) is 0 Å². The van der Waals surface area contributed by atoms with Crippen molar-refractivity contribution in [1.82, 2.24) is 15.5 Å². The molecule has 154 valence electrons. The van der Waals surface area contributed by atoms with Crippen molar-refractivity contribution in [3.8, 4) is 5.75 Å². The monoisotopic (exact) mass is 378 g/mol. The molecule has 0 saturated carbocycles. The van der Waals surface area contributed by atoms with Gasteiger partial charge in [-0.1, -0.05) is 26.0 Å². The van der Waals surface area contributed by atoms with Crippen LogP contribution in [0.3, 0.4) is 0 Å². The Hall–Kier alpha value is -1.79. The van der Waals surface area contributed by atoms with Crippen LogP contribution in [0, 0.1) is 5.92 Å². The van der Waals surface area contributed by atoms with E-state index in [0.29, 0.717) is 6.61 Å². The summed E-state index contributed by atoms with van der Waals surface area (Å²) in [6.45, 7) is 9.35. The zero-order valence-corrected chi connectivity index (χ0v) is 17.8. The van der Waals surface area contributed by atoms with Crippen LogP contribution in [-0.4, -0.2) is 64.9 Å². The summed E-state index contributed by atoms with van der Waals surface area (Å²) >= 11 is 0. The van der Waals surface area contributed by atoms with Crippen LogP contribution in [0.4, 0.5) is 0 Å². The van der Waals surface area contributed by atoms with Crippen LogP contribution >= 0.6 is 0 Å². The van der Waals surface area contributed by atoms with E-state index in [9.17, 15) is 0 Å². The molecule has 0 amide bonds. The zero-order valence-electron chi connectivity index (χ0n) is 17.8. The first-order chi connectivity index (χ1) is 13.0. The second kappa shape index (κ2) is 14.3. The summed E-state index contributed by atoms with van der Waals surface area (Å²) in [5.74, 6) is 2.48. The van der Waals surface area contributed by atoms with E-state index in [2.05, 4.69) is 53.6 Å². The first-order valence-electron chi connectivity index (χ1n) is 9.89. The number of benzene rings is 1. The fraction of sp³-hybridized carbons (Fsp3) is 0.667. The van der Waals surface area contributed by atoms with Crippen molar-refractivity contribution in [1.29, 1.82) is 0 Å². The number of guanidine groups is 1. The molecule has 0 aliphatic rings. The molecule has 1 rings (SSSR count). The molecule has 0 heterocycles. The fourth-order valence-electron chi connectivity index (χ4n) is 2.55. The van der Waals surface area contributed by atoms with Crippen LogP contribution in [0.1, 0.15) is 32.3 Å². The smallest absolute Gasteiger partial charge is 0.191 e. The van der Waals surface area contributed by atoms with E-state index >= 15 is 0 Å². The highest BCUT2D eigenvalue weighted by Gasteiger charge is 2.02. The van der Waals surface area contributed by atoms with Gasteiger partial charge in [0.05, 0.1) is 6.61 Å². The Kier molecular flexibility index (Phi) is 12.3. The minimum Gasteiger partial charge on any atom is -0.492 e. The zero-order chi connectivity index (χ0) is 19.9. The highest BCUT2D eigenvalue weighted by Crippen LogP contribution is 2.13. The maximum atomic E-state index is 5.88. The van der Waals surface area contributed by atoms with Crippen molar-refractivity contribution < 1.29 is 9.47 Å². The summed E-state index contributed by atoms with van der Waals surface area (Å²) in [6, 6.07) is 8.20. The molecule has 0 bridgehead atoms. The number of likely N-dealkylation sites (N-methyl/N-ethyl adjacent to an activating group) is 1. The maximum Gasteiger partial charge on any atom is 0.191 e. The normalized spacial score (nSPS) is 11.9. The van der Waals surface area contributed by atoms with Crippen LogP contribution in [0.5, 0.6) is 5.75 Å². The molecule has 0 aliphatic heterocycles. The van der Waals surface area contributed by atoms with Gasteiger partial charge in [-0.15, -0.1) is 0 Å². The number of hydrogen-bond acceptors (Lipinski definition) is 4. The van der Waals surface area contributed by atoms with Gasteiger partial charge in [-0.3, -0.25) is 4.99 Å². The Morgan fingerprint density at radius 1 is 1.19 bits per heavy atom. The number of aliphatic imine (C=N–C) groups is 1. The standard InChI is InChI=1S/C21H38N4O2/c1-18(2)8-7-11-23-21(22-3)24-17-19-9-6-10-20(16-19)27-15-13-25(4)12-14-26-5/h6,9-10,16,18H,7-8,11-15,17H2,1-5H3,(H2,22,23,24). The summed E-state index contributed by atoms with van der Waals surface area (Å²) in [5, 5.41) is 6.72. The Bertz CT molecular complexity index is 535. The molecule has 6 nitrogen and oxygen atoms in total. The molecule has 0 spiro atoms. The fourth-order valence-corrected chi connectivity index (χ4v) is 2.55. The minimum absolute atomic E-state index is 0.663. The molecule has 27 heavy (non-hydrogen) atoms. The third-order valence-corrected chi connectivity index (χ3v) is 4.25. The van der Waals surface area contributed by atoms with Crippen molar-refractivity contribution in [2.75, 3.05) is 54.1 Å². The van der Waals surface area contributed by atoms with Gasteiger partial charge in [0, 0.05) is 40.3 Å². The quantitative estimate of drug-likeness (QED) is 0.314. The Morgan fingerprint density at radius 2 is 1.96 bits per heavy atom. The Balaban J connectivity index is 2.33. The van der Waals surface area contributed by atoms with Gasteiger partial charge >= 0.3 is 0 Å². The van der Waals surface area contributed by atoms with Crippen molar-refractivity contribution in [3.63, 3.8) is 0 Å². The van der Waals surface area contributed by atoms with Crippen molar-refractivity contribution in [2.45, 2.75) is 33.2 Å². The summed E-state index contributed by atoms with van der Waals surface area (Å²) in [5.41, 5.74) is 1.17. The average molecular weight is 379 g/mol. The Labute approximate surface area is 165 Å². The molecule has 2 N–H and O–H groups in total. The van der Waals surface area contributed by atoms with Gasteiger partial charge in [-0.25, -0.2) is 0 Å². The number of rotatable bonds is 13. The third kappa shape index (κ3) is 11.5. The molecule has 0 aliphatic carbocycles. The lowest BCUT2D eigenvalue weighted by molar-refractivity contribution is 0.150. The van der Waals surface area contributed by atoms with Gasteiger partial charge in [-0.2, -0.15) is 0 Å². The molecule has 0 fully saturated rings. The molecule has 1 aromatic carbocycles. The summed E-state index contributed by atoms with van der Waals surface area (Å²) in [7, 11) is 5.60. The SMILES string of the molecule is CN=C(NCCCC(C)C)NCc1cccc(OCCN(C)CCOC)c1. The lowest BCUT2D eigenvalue weighted by Gasteiger charge is -2.16. The molecule has 6 heteroatoms. The van der Waals surface area contributed by atoms with E-state index in [0.717, 1.165) is 56.8 Å². The predicted molar refractivity (Wildman–Crippen MR) is 114 cm³/mol. The predicted octanol–water partition coefficient (Wildman–Crippen LogP) is 2.74. The molecule has 0 aromatic heterocycles. The lowest BCUT2D eigenvalue weighted by atomic mass is 10.1. The van der Waals surface area contributed by atoms with E-state index in [4.69, 9.17) is 9.47 Å². The van der Waals surface area contributed by atoms with Crippen LogP contribution in [0.15, 0.2) is 29.3 Å². The highest BCUT2D eigenvalue weighted by atomic mass is 16.5. The van der Waals surface area contributed by atoms with Gasteiger partial charge in [0.25, 0.3) is 0 Å². The van der Waals surface area contributed by atoms with Crippen LogP contribution in [0.2, 0.25) is 0 Å². The average Bonchev–Trinajstić information content (AvgIpc) is 2.66. The van der Waals surface area contributed by atoms with Gasteiger partial charge in [0.2, 0.25) is 0 Å². The topological polar surface area (TPSA) is 58.1 Å². The summed E-state index contributed by atoms with van der Waals surface area (Å²) < 4.78 is 11.0. The second-order valence-electron chi connectivity index (χ2n) is 7.18. The molecule has 1 aromatic rings. The second-order valence-corrected chi connectivity index (χ2v) is 7.18. The van der Waals surface area contributed by atoms with Gasteiger partial charge < -0.3 is 25.0 Å². The number of hydrogen-bond donors (Lipinski definition) is 2. The number of nitrogens with one attached hydrogen (secondary N) is 2. The van der Waals surface area contributed by atoms with Crippen LogP contribution < -0.4 is 15.4 Å². The molecular formula is C21H38N4O2. The van der Waals surface area contributed by atoms with Gasteiger partial charge in [0.1, 0.15) is 12.4 Å². The number of nitrogens with zero attached hydrogens (tertiary/aromatic N) is 2. The maximum absolute atomic E-state index is 5.88. The first kappa shape index (κ1) is 23.2. The Morgan fingerprint density at radius 3 is 2.67 bits per heavy atom. The van der Waals surface area contributed by atoms with E-state index in [1.54, 1.807) is 14.2 Å². The van der Waals surface area contributed by atoms with Crippen molar-refractivity contribution >= 4 is 5.96 Å². The summed E-state index contributed by atoms with van der Waals surface area (Å²) in [4.78, 5) is 6.48. The lowest BCUT2D eigenvalue weighted by Crippen LogP contribution is -2.37. The number of ether oxygens (including phenoxy) is 2. The van der Waals surface area contributed by atoms with Gasteiger partial charge in [0.15, 0.2) is 5.96 Å². The third-order valence-electron chi connectivity index (χ3n) is 4.25. The highest BCUT2D eigenvalue weighted by molar-refractivity contribution is 5.79. The van der Waals surface area contributed by atoms with Crippen molar-refractivity contribution in [3.05, 3.63) is 29.8 Å². The molecular weight excluding hydrogens is 340 g/mol. The van der Waals surface area contributed by atoms with E-state index < -0.39 is 0 Å². The minimum atomic E-state index is 0.663. The van der Waals surface area contributed by atoms with Crippen LogP contribution in [0.25, 0.3) is 0 Å². The molecule has 0 unspecified atom stereocenters. The van der Waals surface area contributed by atoms with E-state index in [1.807, 2.05) is 12.1 Å². The van der Waals surface area contributed by atoms with Crippen molar-refractivity contribution in [2.24, 2.45) is 10.9 Å². The molecule has 0 radical (unpaired) electrons. The molecule has 0 saturated heterocycles. The van der Waals surface area contributed by atoms with E-state index in [1.165, 1.54) is 12.0 Å². The largest absolute Gasteiger partial charge is 0.492 e. The molecule has 0 atom stereocenters. The first-order valence-corrected chi connectivity index (χ1v) is 9.89. The van der Waals surface area contributed by atoms with Crippen LogP contribution in [-0.2, 0) is 11.3 Å². The summed E-state index contributed by atoms with van der Waals surface area (Å²) in [6.07, 6.45) is 2.38.